The molecule has 2 aliphatic rings. The molecule has 0 saturated heterocycles. The molecule has 1 heterocycles. The van der Waals surface area contributed by atoms with Crippen molar-refractivity contribution in [1.82, 2.24) is 0 Å². The van der Waals surface area contributed by atoms with Crippen molar-refractivity contribution < 1.29 is 0 Å². The van der Waals surface area contributed by atoms with Crippen LogP contribution < -0.4 is 5.73 Å². The third kappa shape index (κ3) is 1.11. The molecule has 14 heavy (non-hydrogen) atoms. The minimum atomic E-state index is 0.333. The zero-order chi connectivity index (χ0) is 9.54. The molecule has 3 rings (SSSR count). The SMILES string of the molecule is NC1CCC2C(=Nc3ccccc32)C1. The molecule has 2 nitrogen and oxygen atoms in total. The molecule has 1 aliphatic heterocycles. The van der Waals surface area contributed by atoms with Gasteiger partial charge in [-0.2, -0.15) is 0 Å². The molecule has 0 radical (unpaired) electrons. The first-order chi connectivity index (χ1) is 6.84. The lowest BCUT2D eigenvalue weighted by Gasteiger charge is -2.24. The number of nitrogens with zero attached hydrogens (tertiary/aromatic N) is 1. The fourth-order valence-electron chi connectivity index (χ4n) is 2.56. The molecular weight excluding hydrogens is 172 g/mol. The van der Waals surface area contributed by atoms with E-state index in [-0.39, 0.29) is 0 Å². The molecule has 2 atom stereocenters. The maximum absolute atomic E-state index is 5.94. The molecule has 0 spiro atoms. The molecule has 2 heteroatoms. The van der Waals surface area contributed by atoms with E-state index in [1.165, 1.54) is 23.4 Å². The third-order valence-corrected chi connectivity index (χ3v) is 3.28. The summed E-state index contributed by atoms with van der Waals surface area (Å²) < 4.78 is 0. The Balaban J connectivity index is 2.03. The Bertz CT molecular complexity index is 395. The number of fused-ring (bicyclic) bond motifs is 3. The molecule has 0 amide bonds. The van der Waals surface area contributed by atoms with Crippen LogP contribution in [0.3, 0.4) is 0 Å². The number of hydrogen-bond acceptors (Lipinski definition) is 2. The van der Waals surface area contributed by atoms with Gasteiger partial charge >= 0.3 is 0 Å². The first-order valence-corrected chi connectivity index (χ1v) is 5.26. The first-order valence-electron chi connectivity index (χ1n) is 5.26. The second-order valence-electron chi connectivity index (χ2n) is 4.26. The highest BCUT2D eigenvalue weighted by Gasteiger charge is 2.31. The van der Waals surface area contributed by atoms with Gasteiger partial charge in [-0.3, -0.25) is 4.99 Å². The van der Waals surface area contributed by atoms with E-state index >= 15 is 0 Å². The van der Waals surface area contributed by atoms with Gasteiger partial charge in [-0.25, -0.2) is 0 Å². The van der Waals surface area contributed by atoms with E-state index in [0.29, 0.717) is 12.0 Å². The topological polar surface area (TPSA) is 38.4 Å². The zero-order valence-corrected chi connectivity index (χ0v) is 8.11. The van der Waals surface area contributed by atoms with Gasteiger partial charge in [0.15, 0.2) is 0 Å². The van der Waals surface area contributed by atoms with Crippen LogP contribution in [0.4, 0.5) is 5.69 Å². The molecule has 2 N–H and O–H groups in total. The predicted octanol–water partition coefficient (Wildman–Crippen LogP) is 2.37. The maximum Gasteiger partial charge on any atom is 0.0667 e. The number of benzene rings is 1. The Morgan fingerprint density at radius 2 is 2.07 bits per heavy atom. The summed E-state index contributed by atoms with van der Waals surface area (Å²) in [5.41, 5.74) is 9.83. The van der Waals surface area contributed by atoms with Gasteiger partial charge in [-0.15, -0.1) is 0 Å². The van der Waals surface area contributed by atoms with Crippen LogP contribution in [0.15, 0.2) is 29.3 Å². The Labute approximate surface area is 83.8 Å². The van der Waals surface area contributed by atoms with Crippen LogP contribution in [0.25, 0.3) is 0 Å². The standard InChI is InChI=1S/C12H14N2/c13-8-5-6-10-9-3-1-2-4-11(9)14-12(10)7-8/h1-4,8,10H,5-7,13H2. The summed E-state index contributed by atoms with van der Waals surface area (Å²) in [4.78, 5) is 4.66. The van der Waals surface area contributed by atoms with Crippen LogP contribution in [0.1, 0.15) is 30.7 Å². The average molecular weight is 186 g/mol. The van der Waals surface area contributed by atoms with Crippen LogP contribution >= 0.6 is 0 Å². The highest BCUT2D eigenvalue weighted by Crippen LogP contribution is 2.41. The van der Waals surface area contributed by atoms with E-state index in [1.807, 2.05) is 0 Å². The molecule has 0 bridgehead atoms. The van der Waals surface area contributed by atoms with Gasteiger partial charge in [0.1, 0.15) is 0 Å². The van der Waals surface area contributed by atoms with Crippen molar-refractivity contribution in [3.8, 4) is 0 Å². The van der Waals surface area contributed by atoms with Crippen molar-refractivity contribution in [2.75, 3.05) is 0 Å². The minimum absolute atomic E-state index is 0.333. The average Bonchev–Trinajstić information content (AvgIpc) is 2.54. The van der Waals surface area contributed by atoms with Crippen LogP contribution in [0, 0.1) is 0 Å². The lowest BCUT2D eigenvalue weighted by atomic mass is 9.82. The number of nitrogens with two attached hydrogens (primary N) is 1. The zero-order valence-electron chi connectivity index (χ0n) is 8.11. The van der Waals surface area contributed by atoms with Crippen LogP contribution in [0.2, 0.25) is 0 Å². The first kappa shape index (κ1) is 8.18. The molecule has 1 fully saturated rings. The smallest absolute Gasteiger partial charge is 0.0667 e. The van der Waals surface area contributed by atoms with Gasteiger partial charge in [0.2, 0.25) is 0 Å². The van der Waals surface area contributed by atoms with E-state index in [2.05, 4.69) is 29.3 Å². The molecule has 1 saturated carbocycles. The van der Waals surface area contributed by atoms with Gasteiger partial charge in [0.05, 0.1) is 5.69 Å². The molecular formula is C12H14N2. The Morgan fingerprint density at radius 1 is 1.21 bits per heavy atom. The lowest BCUT2D eigenvalue weighted by Crippen LogP contribution is -2.31. The molecule has 1 aliphatic carbocycles. The molecule has 1 aromatic carbocycles. The number of para-hydroxylation sites is 1. The molecule has 1 aromatic rings. The summed E-state index contributed by atoms with van der Waals surface area (Å²) in [5.74, 6) is 0.575. The van der Waals surface area contributed by atoms with Crippen molar-refractivity contribution in [1.29, 1.82) is 0 Å². The van der Waals surface area contributed by atoms with Gasteiger partial charge in [-0.1, -0.05) is 18.2 Å². The Kier molecular flexibility index (Phi) is 1.71. The van der Waals surface area contributed by atoms with E-state index in [4.69, 9.17) is 5.73 Å². The van der Waals surface area contributed by atoms with Gasteiger partial charge in [-0.05, 0) is 24.5 Å². The van der Waals surface area contributed by atoms with Crippen molar-refractivity contribution in [2.24, 2.45) is 10.7 Å². The van der Waals surface area contributed by atoms with Crippen molar-refractivity contribution in [3.63, 3.8) is 0 Å². The molecule has 0 aromatic heterocycles. The summed E-state index contributed by atoms with van der Waals surface area (Å²) in [6.07, 6.45) is 3.30. The van der Waals surface area contributed by atoms with E-state index < -0.39 is 0 Å². The fourth-order valence-corrected chi connectivity index (χ4v) is 2.56. The maximum atomic E-state index is 5.94. The highest BCUT2D eigenvalue weighted by molar-refractivity contribution is 5.98. The van der Waals surface area contributed by atoms with E-state index in [1.54, 1.807) is 0 Å². The number of hydrogen-bond donors (Lipinski definition) is 1. The lowest BCUT2D eigenvalue weighted by molar-refractivity contribution is 0.543. The predicted molar refractivity (Wildman–Crippen MR) is 58.1 cm³/mol. The van der Waals surface area contributed by atoms with Crippen molar-refractivity contribution in [3.05, 3.63) is 29.8 Å². The summed E-state index contributed by atoms with van der Waals surface area (Å²) in [5, 5.41) is 0. The Hall–Kier alpha value is -1.15. The third-order valence-electron chi connectivity index (χ3n) is 3.28. The quantitative estimate of drug-likeness (QED) is 0.663. The van der Waals surface area contributed by atoms with E-state index in [9.17, 15) is 0 Å². The summed E-state index contributed by atoms with van der Waals surface area (Å²) in [7, 11) is 0. The van der Waals surface area contributed by atoms with E-state index in [0.717, 1.165) is 12.8 Å². The second-order valence-corrected chi connectivity index (χ2v) is 4.26. The number of aliphatic imine (C=N–C) groups is 1. The van der Waals surface area contributed by atoms with Gasteiger partial charge < -0.3 is 5.73 Å². The molecule has 2 unspecified atom stereocenters. The summed E-state index contributed by atoms with van der Waals surface area (Å²) in [6.45, 7) is 0. The monoisotopic (exact) mass is 186 g/mol. The minimum Gasteiger partial charge on any atom is -0.327 e. The molecule has 72 valence electrons. The fraction of sp³-hybridized carbons (Fsp3) is 0.417. The van der Waals surface area contributed by atoms with Gasteiger partial charge in [0, 0.05) is 24.1 Å². The normalized spacial score (nSPS) is 29.4. The number of rotatable bonds is 0. The Morgan fingerprint density at radius 3 is 3.00 bits per heavy atom. The van der Waals surface area contributed by atoms with Crippen LogP contribution in [0.5, 0.6) is 0 Å². The largest absolute Gasteiger partial charge is 0.327 e. The van der Waals surface area contributed by atoms with Crippen molar-refractivity contribution >= 4 is 11.4 Å². The van der Waals surface area contributed by atoms with Crippen LogP contribution in [-0.2, 0) is 0 Å². The summed E-state index contributed by atoms with van der Waals surface area (Å²) in [6, 6.07) is 8.80. The summed E-state index contributed by atoms with van der Waals surface area (Å²) >= 11 is 0. The van der Waals surface area contributed by atoms with Gasteiger partial charge in [0.25, 0.3) is 0 Å². The van der Waals surface area contributed by atoms with Crippen molar-refractivity contribution in [2.45, 2.75) is 31.2 Å². The second kappa shape index (κ2) is 2.92. The highest BCUT2D eigenvalue weighted by atomic mass is 14.8. The van der Waals surface area contributed by atoms with Crippen LogP contribution in [-0.4, -0.2) is 11.8 Å².